The highest BCUT2D eigenvalue weighted by Crippen LogP contribution is 2.38. The van der Waals surface area contributed by atoms with Gasteiger partial charge in [0.15, 0.2) is 5.82 Å². The molecule has 0 unspecified atom stereocenters. The summed E-state index contributed by atoms with van der Waals surface area (Å²) in [5.41, 5.74) is 1.86. The smallest absolute Gasteiger partial charge is 0.416 e. The molecule has 0 N–H and O–H groups in total. The maximum absolute atomic E-state index is 13.0. The van der Waals surface area contributed by atoms with Crippen LogP contribution in [0.1, 0.15) is 12.0 Å². The maximum atomic E-state index is 13.0. The minimum absolute atomic E-state index is 0.0644. The number of rotatable bonds is 3. The zero-order chi connectivity index (χ0) is 21.6. The van der Waals surface area contributed by atoms with Crippen molar-refractivity contribution in [3.63, 3.8) is 0 Å². The number of aromatic nitrogens is 3. The van der Waals surface area contributed by atoms with Crippen molar-refractivity contribution in [2.45, 2.75) is 19.1 Å². The van der Waals surface area contributed by atoms with Crippen LogP contribution in [0.2, 0.25) is 5.02 Å². The number of alkyl halides is 3. The molecule has 4 aromatic rings. The molecule has 0 bridgehead atoms. The fourth-order valence-corrected chi connectivity index (χ4v) is 3.97. The SMILES string of the molecule is FC(F)(F)c1cccc(Oc2ccc(N3CCCn4ccc5ncnc3c54)cc2Cl)c1. The molecule has 0 aliphatic carbocycles. The van der Waals surface area contributed by atoms with E-state index in [0.717, 1.165) is 54.2 Å². The van der Waals surface area contributed by atoms with Crippen molar-refractivity contribution in [3.05, 3.63) is 71.6 Å². The van der Waals surface area contributed by atoms with Crippen LogP contribution < -0.4 is 9.64 Å². The molecule has 0 amide bonds. The number of nitrogens with zero attached hydrogens (tertiary/aromatic N) is 4. The van der Waals surface area contributed by atoms with E-state index in [2.05, 4.69) is 19.4 Å². The van der Waals surface area contributed by atoms with Crippen LogP contribution in [0.25, 0.3) is 11.0 Å². The van der Waals surface area contributed by atoms with Crippen LogP contribution >= 0.6 is 11.6 Å². The highest BCUT2D eigenvalue weighted by molar-refractivity contribution is 6.32. The van der Waals surface area contributed by atoms with E-state index >= 15 is 0 Å². The van der Waals surface area contributed by atoms with Gasteiger partial charge in [-0.05, 0) is 48.9 Å². The summed E-state index contributed by atoms with van der Waals surface area (Å²) in [5.74, 6) is 1.13. The molecule has 31 heavy (non-hydrogen) atoms. The molecule has 0 atom stereocenters. The second kappa shape index (κ2) is 7.46. The van der Waals surface area contributed by atoms with Gasteiger partial charge in [0.25, 0.3) is 0 Å². The number of ether oxygens (including phenoxy) is 1. The van der Waals surface area contributed by atoms with Gasteiger partial charge >= 0.3 is 6.18 Å². The van der Waals surface area contributed by atoms with Gasteiger partial charge in [-0.1, -0.05) is 17.7 Å². The lowest BCUT2D eigenvalue weighted by Crippen LogP contribution is -2.19. The van der Waals surface area contributed by atoms with Crippen molar-refractivity contribution in [2.24, 2.45) is 0 Å². The van der Waals surface area contributed by atoms with Gasteiger partial charge < -0.3 is 14.2 Å². The Kier molecular flexibility index (Phi) is 4.74. The van der Waals surface area contributed by atoms with Crippen molar-refractivity contribution < 1.29 is 17.9 Å². The highest BCUT2D eigenvalue weighted by Gasteiger charge is 2.30. The number of aryl methyl sites for hydroxylation is 1. The van der Waals surface area contributed by atoms with Gasteiger partial charge in [0, 0.05) is 25.0 Å². The predicted octanol–water partition coefficient (Wildman–Crippen LogP) is 6.44. The van der Waals surface area contributed by atoms with Crippen molar-refractivity contribution in [1.82, 2.24) is 14.5 Å². The standard InChI is InChI=1S/C22H16ClF3N4O/c23-17-12-15(5-6-19(17)31-16-4-1-3-14(11-16)22(24,25)26)30-9-2-8-29-10-7-18-20(29)21(30)28-13-27-18/h1,3-7,10-13H,2,8-9H2. The third-order valence-corrected chi connectivity index (χ3v) is 5.48. The second-order valence-corrected chi connectivity index (χ2v) is 7.60. The first-order valence-electron chi connectivity index (χ1n) is 9.62. The minimum atomic E-state index is -4.44. The number of hydrogen-bond donors (Lipinski definition) is 0. The lowest BCUT2D eigenvalue weighted by Gasteiger charge is -2.23. The van der Waals surface area contributed by atoms with Gasteiger partial charge in [-0.25, -0.2) is 9.97 Å². The third-order valence-electron chi connectivity index (χ3n) is 5.18. The van der Waals surface area contributed by atoms with Crippen LogP contribution in [0, 0.1) is 0 Å². The normalized spacial score (nSPS) is 14.0. The fourth-order valence-electron chi connectivity index (χ4n) is 3.76. The van der Waals surface area contributed by atoms with Crippen LogP contribution in [0.5, 0.6) is 11.5 Å². The molecule has 0 radical (unpaired) electrons. The van der Waals surface area contributed by atoms with Crippen molar-refractivity contribution in [3.8, 4) is 11.5 Å². The van der Waals surface area contributed by atoms with E-state index in [1.807, 2.05) is 18.3 Å². The molecule has 1 aliphatic heterocycles. The van der Waals surface area contributed by atoms with Crippen LogP contribution in [0.4, 0.5) is 24.7 Å². The summed E-state index contributed by atoms with van der Waals surface area (Å²) < 4.78 is 46.6. The fraction of sp³-hybridized carbons (Fsp3) is 0.182. The largest absolute Gasteiger partial charge is 0.456 e. The number of hydrogen-bond acceptors (Lipinski definition) is 4. The minimum Gasteiger partial charge on any atom is -0.456 e. The Morgan fingerprint density at radius 2 is 1.87 bits per heavy atom. The number of anilines is 2. The van der Waals surface area contributed by atoms with Gasteiger partial charge in [0.1, 0.15) is 23.3 Å². The first-order valence-corrected chi connectivity index (χ1v) is 10.00. The van der Waals surface area contributed by atoms with E-state index in [4.69, 9.17) is 16.3 Å². The molecule has 0 saturated heterocycles. The zero-order valence-electron chi connectivity index (χ0n) is 16.1. The van der Waals surface area contributed by atoms with E-state index in [1.165, 1.54) is 18.5 Å². The van der Waals surface area contributed by atoms with Crippen molar-refractivity contribution in [1.29, 1.82) is 0 Å². The van der Waals surface area contributed by atoms with Gasteiger partial charge in [0.05, 0.1) is 16.1 Å². The first kappa shape index (κ1) is 19.7. The summed E-state index contributed by atoms with van der Waals surface area (Å²) in [7, 11) is 0. The topological polar surface area (TPSA) is 43.2 Å². The van der Waals surface area contributed by atoms with E-state index in [1.54, 1.807) is 12.1 Å². The van der Waals surface area contributed by atoms with Crippen molar-refractivity contribution in [2.75, 3.05) is 11.4 Å². The molecule has 2 aromatic carbocycles. The molecule has 0 fully saturated rings. The quantitative estimate of drug-likeness (QED) is 0.365. The number of benzene rings is 2. The van der Waals surface area contributed by atoms with E-state index in [-0.39, 0.29) is 11.5 Å². The van der Waals surface area contributed by atoms with Crippen LogP contribution in [-0.2, 0) is 12.7 Å². The molecule has 9 heteroatoms. The maximum Gasteiger partial charge on any atom is 0.416 e. The average Bonchev–Trinajstić information content (AvgIpc) is 3.06. The zero-order valence-corrected chi connectivity index (χ0v) is 16.9. The van der Waals surface area contributed by atoms with Gasteiger partial charge in [-0.3, -0.25) is 0 Å². The molecule has 5 rings (SSSR count). The highest BCUT2D eigenvalue weighted by atomic mass is 35.5. The van der Waals surface area contributed by atoms with E-state index < -0.39 is 11.7 Å². The molecular weight excluding hydrogens is 429 g/mol. The van der Waals surface area contributed by atoms with Crippen LogP contribution in [-0.4, -0.2) is 21.1 Å². The van der Waals surface area contributed by atoms with Gasteiger partial charge in [-0.2, -0.15) is 13.2 Å². The van der Waals surface area contributed by atoms with Crippen LogP contribution in [0.15, 0.2) is 61.1 Å². The van der Waals surface area contributed by atoms with Crippen molar-refractivity contribution >= 4 is 34.1 Å². The first-order chi connectivity index (χ1) is 14.9. The molecule has 5 nitrogen and oxygen atoms in total. The van der Waals surface area contributed by atoms with E-state index in [0.29, 0.717) is 5.02 Å². The van der Waals surface area contributed by atoms with Gasteiger partial charge in [-0.15, -0.1) is 0 Å². The molecule has 0 spiro atoms. The molecular formula is C22H16ClF3N4O. The summed E-state index contributed by atoms with van der Waals surface area (Å²) in [6, 6.07) is 11.9. The second-order valence-electron chi connectivity index (χ2n) is 7.19. The Balaban J connectivity index is 1.47. The van der Waals surface area contributed by atoms with Gasteiger partial charge in [0.2, 0.25) is 0 Å². The van der Waals surface area contributed by atoms with Crippen LogP contribution in [0.3, 0.4) is 0 Å². The Morgan fingerprint density at radius 3 is 2.68 bits per heavy atom. The molecule has 1 aliphatic rings. The Labute approximate surface area is 180 Å². The summed E-state index contributed by atoms with van der Waals surface area (Å²) in [5, 5.41) is 0.292. The summed E-state index contributed by atoms with van der Waals surface area (Å²) in [6.07, 6.45) is -0.00103. The Bertz CT molecular complexity index is 1270. The summed E-state index contributed by atoms with van der Waals surface area (Å²) >= 11 is 6.44. The lowest BCUT2D eigenvalue weighted by molar-refractivity contribution is -0.137. The third kappa shape index (κ3) is 3.67. The summed E-state index contributed by atoms with van der Waals surface area (Å²) in [6.45, 7) is 1.59. The molecule has 3 heterocycles. The van der Waals surface area contributed by atoms with E-state index in [9.17, 15) is 13.2 Å². The Hall–Kier alpha value is -3.26. The summed E-state index contributed by atoms with van der Waals surface area (Å²) in [4.78, 5) is 10.9. The molecule has 158 valence electrons. The monoisotopic (exact) mass is 444 g/mol. The molecule has 2 aromatic heterocycles. The number of halogens is 4. The predicted molar refractivity (Wildman–Crippen MR) is 112 cm³/mol. The average molecular weight is 445 g/mol. The lowest BCUT2D eigenvalue weighted by atomic mass is 10.2. The molecule has 0 saturated carbocycles. The Morgan fingerprint density at radius 1 is 1.00 bits per heavy atom.